The number of rotatable bonds is 5. The molecule has 29 heavy (non-hydrogen) atoms. The van der Waals surface area contributed by atoms with Gasteiger partial charge < -0.3 is 4.98 Å². The maximum absolute atomic E-state index is 13.6. The molecule has 4 nitrogen and oxygen atoms in total. The molecule has 0 radical (unpaired) electrons. The van der Waals surface area contributed by atoms with Crippen LogP contribution >= 0.6 is 0 Å². The van der Waals surface area contributed by atoms with E-state index in [1.165, 1.54) is 12.1 Å². The van der Waals surface area contributed by atoms with Crippen LogP contribution in [0.4, 0.5) is 4.39 Å². The zero-order valence-electron chi connectivity index (χ0n) is 16.2. The van der Waals surface area contributed by atoms with Crippen LogP contribution < -0.4 is 10.3 Å². The number of hydrogen-bond donors (Lipinski definition) is 2. The zero-order valence-corrected chi connectivity index (χ0v) is 17.0. The van der Waals surface area contributed by atoms with E-state index >= 15 is 0 Å². The summed E-state index contributed by atoms with van der Waals surface area (Å²) in [5.74, 6) is -0.356. The van der Waals surface area contributed by atoms with Crippen molar-refractivity contribution in [3.63, 3.8) is 0 Å². The van der Waals surface area contributed by atoms with Gasteiger partial charge in [0.15, 0.2) is 0 Å². The topological polar surface area (TPSA) is 62.0 Å². The van der Waals surface area contributed by atoms with Crippen molar-refractivity contribution < 1.29 is 8.60 Å². The maximum Gasteiger partial charge on any atom is 0.251 e. The third-order valence-electron chi connectivity index (χ3n) is 5.53. The van der Waals surface area contributed by atoms with E-state index in [1.807, 2.05) is 36.4 Å². The summed E-state index contributed by atoms with van der Waals surface area (Å²) in [6.07, 6.45) is 5.55. The van der Waals surface area contributed by atoms with Crippen LogP contribution in [0.2, 0.25) is 0 Å². The molecule has 0 saturated heterocycles. The van der Waals surface area contributed by atoms with Gasteiger partial charge in [-0.2, -0.15) is 0 Å². The largest absolute Gasteiger partial charge is 0.329 e. The molecule has 6 heteroatoms. The number of aryl methyl sites for hydroxylation is 1. The first-order valence-electron chi connectivity index (χ1n) is 9.66. The Morgan fingerprint density at radius 2 is 1.90 bits per heavy atom. The van der Waals surface area contributed by atoms with Gasteiger partial charge in [-0.1, -0.05) is 36.4 Å². The standard InChI is InChI=1S/C23H23FN2O2S/c1-29(28)26-21-9-8-16-10-11-25-23(27)22(16)20(21)13-15-4-2-5-17(12-15)18-6-3-7-19(24)14-18/h2-7,10-12,14,20-21,26H,8-9,13H2,1H3,(H,25,27). The van der Waals surface area contributed by atoms with E-state index < -0.39 is 11.0 Å². The van der Waals surface area contributed by atoms with Gasteiger partial charge in [0.25, 0.3) is 5.56 Å². The molecule has 1 aliphatic carbocycles. The lowest BCUT2D eigenvalue weighted by molar-refractivity contribution is 0.436. The van der Waals surface area contributed by atoms with E-state index in [2.05, 4.69) is 9.71 Å². The van der Waals surface area contributed by atoms with Crippen LogP contribution in [0.15, 0.2) is 65.6 Å². The summed E-state index contributed by atoms with van der Waals surface area (Å²) in [7, 11) is -1.17. The summed E-state index contributed by atoms with van der Waals surface area (Å²) < 4.78 is 28.6. The molecule has 150 valence electrons. The van der Waals surface area contributed by atoms with Gasteiger partial charge in [0, 0.05) is 30.0 Å². The van der Waals surface area contributed by atoms with Gasteiger partial charge in [-0.05, 0) is 59.7 Å². The van der Waals surface area contributed by atoms with E-state index in [-0.39, 0.29) is 23.3 Å². The highest BCUT2D eigenvalue weighted by atomic mass is 32.2. The first-order chi connectivity index (χ1) is 14.0. The van der Waals surface area contributed by atoms with Gasteiger partial charge in [-0.15, -0.1) is 0 Å². The van der Waals surface area contributed by atoms with E-state index in [0.29, 0.717) is 6.42 Å². The predicted octanol–water partition coefficient (Wildman–Crippen LogP) is 3.71. The molecular formula is C23H23FN2O2S. The van der Waals surface area contributed by atoms with Crippen molar-refractivity contribution in [1.82, 2.24) is 9.71 Å². The van der Waals surface area contributed by atoms with Gasteiger partial charge in [0.2, 0.25) is 0 Å². The lowest BCUT2D eigenvalue weighted by Crippen LogP contribution is -2.42. The molecule has 1 aromatic heterocycles. The average molecular weight is 411 g/mol. The second-order valence-corrected chi connectivity index (χ2v) is 8.63. The normalized spacial score (nSPS) is 19.5. The van der Waals surface area contributed by atoms with Gasteiger partial charge in [0.1, 0.15) is 5.82 Å². The van der Waals surface area contributed by atoms with Crippen LogP contribution in [-0.4, -0.2) is 21.5 Å². The molecule has 2 N–H and O–H groups in total. The van der Waals surface area contributed by atoms with E-state index in [4.69, 9.17) is 0 Å². The van der Waals surface area contributed by atoms with Crippen molar-refractivity contribution in [2.24, 2.45) is 0 Å². The Hall–Kier alpha value is -2.57. The van der Waals surface area contributed by atoms with Gasteiger partial charge in [-0.3, -0.25) is 4.79 Å². The second kappa shape index (κ2) is 8.43. The molecule has 4 rings (SSSR count). The van der Waals surface area contributed by atoms with Gasteiger partial charge in [0.05, 0.1) is 11.0 Å². The molecular weight excluding hydrogens is 387 g/mol. The fraction of sp³-hybridized carbons (Fsp3) is 0.261. The molecule has 1 heterocycles. The minimum Gasteiger partial charge on any atom is -0.329 e. The summed E-state index contributed by atoms with van der Waals surface area (Å²) in [5, 5.41) is 0. The van der Waals surface area contributed by atoms with Crippen LogP contribution in [0.3, 0.4) is 0 Å². The van der Waals surface area contributed by atoms with E-state index in [0.717, 1.165) is 40.7 Å². The van der Waals surface area contributed by atoms with Crippen LogP contribution in [0, 0.1) is 5.82 Å². The third-order valence-corrected chi connectivity index (χ3v) is 6.16. The van der Waals surface area contributed by atoms with Crippen molar-refractivity contribution in [2.75, 3.05) is 6.26 Å². The predicted molar refractivity (Wildman–Crippen MR) is 115 cm³/mol. The number of nitrogens with one attached hydrogen (secondary N) is 2. The van der Waals surface area contributed by atoms with Crippen LogP contribution in [0.25, 0.3) is 11.1 Å². The first kappa shape index (κ1) is 19.7. The van der Waals surface area contributed by atoms with Crippen molar-refractivity contribution in [2.45, 2.75) is 31.2 Å². The van der Waals surface area contributed by atoms with Gasteiger partial charge in [-0.25, -0.2) is 13.3 Å². The van der Waals surface area contributed by atoms with Gasteiger partial charge >= 0.3 is 0 Å². The Bertz CT molecular complexity index is 1110. The fourth-order valence-corrected chi connectivity index (χ4v) is 4.98. The van der Waals surface area contributed by atoms with E-state index in [9.17, 15) is 13.4 Å². The molecule has 0 spiro atoms. The summed E-state index contributed by atoms with van der Waals surface area (Å²) in [4.78, 5) is 15.4. The smallest absolute Gasteiger partial charge is 0.251 e. The number of fused-ring (bicyclic) bond motifs is 1. The number of benzene rings is 2. The summed E-state index contributed by atoms with van der Waals surface area (Å²) in [5.41, 5.74) is 4.56. The highest BCUT2D eigenvalue weighted by molar-refractivity contribution is 7.82. The lowest BCUT2D eigenvalue weighted by atomic mass is 9.77. The molecule has 1 aliphatic rings. The highest BCUT2D eigenvalue weighted by Crippen LogP contribution is 2.33. The van der Waals surface area contributed by atoms with Crippen molar-refractivity contribution >= 4 is 11.0 Å². The number of hydrogen-bond acceptors (Lipinski definition) is 2. The Balaban J connectivity index is 1.70. The number of pyridine rings is 1. The number of aromatic amines is 1. The van der Waals surface area contributed by atoms with Crippen molar-refractivity contribution in [1.29, 1.82) is 0 Å². The lowest BCUT2D eigenvalue weighted by Gasteiger charge is -2.33. The molecule has 0 saturated carbocycles. The SMILES string of the molecule is CS(=O)NC1CCc2cc[nH]c(=O)c2C1Cc1cccc(-c2cccc(F)c2)c1. The minimum absolute atomic E-state index is 0.0466. The van der Waals surface area contributed by atoms with Crippen LogP contribution in [0.5, 0.6) is 0 Å². The van der Waals surface area contributed by atoms with E-state index in [1.54, 1.807) is 18.5 Å². The number of halogens is 1. The molecule has 0 aliphatic heterocycles. The Morgan fingerprint density at radius 1 is 1.14 bits per heavy atom. The summed E-state index contributed by atoms with van der Waals surface area (Å²) in [6.45, 7) is 0. The fourth-order valence-electron chi connectivity index (χ4n) is 4.27. The number of aromatic nitrogens is 1. The zero-order chi connectivity index (χ0) is 20.4. The first-order valence-corrected chi connectivity index (χ1v) is 11.2. The third kappa shape index (κ3) is 4.38. The Morgan fingerprint density at radius 3 is 2.66 bits per heavy atom. The quantitative estimate of drug-likeness (QED) is 0.674. The molecule has 3 unspecified atom stereocenters. The molecule has 0 amide bonds. The van der Waals surface area contributed by atoms with Crippen molar-refractivity contribution in [3.8, 4) is 11.1 Å². The van der Waals surface area contributed by atoms with Crippen LogP contribution in [0.1, 0.15) is 29.0 Å². The Kier molecular flexibility index (Phi) is 5.74. The van der Waals surface area contributed by atoms with Crippen molar-refractivity contribution in [3.05, 3.63) is 93.7 Å². The molecule has 0 fully saturated rings. The second-order valence-electron chi connectivity index (χ2n) is 7.48. The van der Waals surface area contributed by atoms with Crippen LogP contribution in [-0.2, 0) is 23.8 Å². The monoisotopic (exact) mass is 410 g/mol. The molecule has 3 aromatic rings. The summed E-state index contributed by atoms with van der Waals surface area (Å²) >= 11 is 0. The summed E-state index contributed by atoms with van der Waals surface area (Å²) in [6, 6.07) is 16.4. The number of H-pyrrole nitrogens is 1. The maximum atomic E-state index is 13.6. The highest BCUT2D eigenvalue weighted by Gasteiger charge is 2.32. The Labute approximate surface area is 171 Å². The molecule has 2 aromatic carbocycles. The molecule has 3 atom stereocenters. The average Bonchev–Trinajstić information content (AvgIpc) is 2.70. The minimum atomic E-state index is -1.17. The molecule has 0 bridgehead atoms.